The van der Waals surface area contributed by atoms with Crippen LogP contribution in [0.5, 0.6) is 0 Å². The number of hydrogen-bond donors (Lipinski definition) is 1. The Morgan fingerprint density at radius 2 is 1.71 bits per heavy atom. The zero-order valence-electron chi connectivity index (χ0n) is 17.4. The van der Waals surface area contributed by atoms with Gasteiger partial charge in [-0.3, -0.25) is 19.7 Å². The Labute approximate surface area is 180 Å². The van der Waals surface area contributed by atoms with E-state index in [-0.39, 0.29) is 29.5 Å². The van der Waals surface area contributed by atoms with Crippen molar-refractivity contribution in [2.45, 2.75) is 51.0 Å². The first kappa shape index (κ1) is 21.0. The van der Waals surface area contributed by atoms with Crippen LogP contribution in [0.4, 0.5) is 5.69 Å². The van der Waals surface area contributed by atoms with Crippen molar-refractivity contribution in [1.29, 1.82) is 0 Å². The van der Waals surface area contributed by atoms with E-state index in [0.717, 1.165) is 38.5 Å². The van der Waals surface area contributed by atoms with Gasteiger partial charge in [-0.05, 0) is 37.8 Å². The number of rotatable bonds is 5. The van der Waals surface area contributed by atoms with E-state index in [1.807, 2.05) is 0 Å². The van der Waals surface area contributed by atoms with Gasteiger partial charge < -0.3 is 10.2 Å². The van der Waals surface area contributed by atoms with Crippen molar-refractivity contribution in [2.24, 2.45) is 5.92 Å². The third-order valence-electron chi connectivity index (χ3n) is 6.26. The van der Waals surface area contributed by atoms with Crippen molar-refractivity contribution in [3.63, 3.8) is 0 Å². The van der Waals surface area contributed by atoms with E-state index >= 15 is 0 Å². The van der Waals surface area contributed by atoms with E-state index in [2.05, 4.69) is 10.4 Å². The minimum absolute atomic E-state index is 0.00524. The maximum absolute atomic E-state index is 12.9. The highest BCUT2D eigenvalue weighted by Gasteiger charge is 2.28. The number of carbonyl (C=O) groups is 2. The molecular weight excluding hydrogens is 398 g/mol. The molecule has 9 heteroatoms. The highest BCUT2D eigenvalue weighted by Crippen LogP contribution is 2.24. The summed E-state index contributed by atoms with van der Waals surface area (Å²) in [5, 5.41) is 18.2. The van der Waals surface area contributed by atoms with Crippen LogP contribution in [-0.2, 0) is 4.79 Å². The van der Waals surface area contributed by atoms with Crippen molar-refractivity contribution >= 4 is 17.5 Å². The van der Waals surface area contributed by atoms with Crippen LogP contribution in [-0.4, -0.2) is 50.5 Å². The second-order valence-corrected chi connectivity index (χ2v) is 8.36. The van der Waals surface area contributed by atoms with Crippen LogP contribution in [0.1, 0.15) is 55.3 Å². The molecule has 0 radical (unpaired) electrons. The van der Waals surface area contributed by atoms with Crippen molar-refractivity contribution in [3.05, 3.63) is 52.3 Å². The number of likely N-dealkylation sites (tertiary alicyclic amines) is 1. The van der Waals surface area contributed by atoms with Crippen LogP contribution in [0, 0.1) is 16.0 Å². The molecular formula is C22H27N5O4. The Morgan fingerprint density at radius 1 is 1.03 bits per heavy atom. The molecule has 1 saturated heterocycles. The number of benzene rings is 1. The van der Waals surface area contributed by atoms with Gasteiger partial charge in [-0.2, -0.15) is 5.10 Å². The van der Waals surface area contributed by atoms with Crippen molar-refractivity contribution < 1.29 is 14.5 Å². The normalized spacial score (nSPS) is 18.0. The largest absolute Gasteiger partial charge is 0.353 e. The van der Waals surface area contributed by atoms with Gasteiger partial charge in [0.1, 0.15) is 0 Å². The van der Waals surface area contributed by atoms with Crippen LogP contribution in [0.2, 0.25) is 0 Å². The smallest absolute Gasteiger partial charge is 0.269 e. The molecule has 0 unspecified atom stereocenters. The summed E-state index contributed by atoms with van der Waals surface area (Å²) in [7, 11) is 0. The first-order valence-corrected chi connectivity index (χ1v) is 10.9. The molecule has 2 fully saturated rings. The lowest BCUT2D eigenvalue weighted by Crippen LogP contribution is -2.48. The van der Waals surface area contributed by atoms with E-state index in [0.29, 0.717) is 24.3 Å². The summed E-state index contributed by atoms with van der Waals surface area (Å²) in [6.45, 7) is 1.19. The number of carbonyl (C=O) groups excluding carboxylic acids is 2. The predicted molar refractivity (Wildman–Crippen MR) is 114 cm³/mol. The minimum Gasteiger partial charge on any atom is -0.353 e. The Morgan fingerprint density at radius 3 is 2.35 bits per heavy atom. The number of piperidine rings is 1. The Hall–Kier alpha value is -3.23. The van der Waals surface area contributed by atoms with E-state index in [9.17, 15) is 19.7 Å². The number of aromatic nitrogens is 2. The molecule has 0 spiro atoms. The standard InChI is InChI=1S/C22H27N5O4/c28-21(16-4-2-1-3-5-16)24-18-10-12-25(13-11-18)22(29)17-14-23-26(15-17)19-6-8-20(9-7-19)27(30)31/h6-9,14-16,18H,1-5,10-13H2,(H,24,28). The maximum atomic E-state index is 12.9. The molecule has 1 saturated carbocycles. The number of nitro groups is 1. The third kappa shape index (κ3) is 4.92. The average Bonchev–Trinajstić information content (AvgIpc) is 3.30. The third-order valence-corrected chi connectivity index (χ3v) is 6.26. The van der Waals surface area contributed by atoms with Crippen LogP contribution in [0.25, 0.3) is 5.69 Å². The molecule has 0 bridgehead atoms. The molecule has 2 aliphatic rings. The fourth-order valence-corrected chi connectivity index (χ4v) is 4.39. The van der Waals surface area contributed by atoms with Crippen LogP contribution in [0.3, 0.4) is 0 Å². The van der Waals surface area contributed by atoms with E-state index in [1.54, 1.807) is 23.2 Å². The van der Waals surface area contributed by atoms with Gasteiger partial charge in [-0.1, -0.05) is 19.3 Å². The average molecular weight is 425 g/mol. The van der Waals surface area contributed by atoms with Crippen LogP contribution < -0.4 is 5.32 Å². The number of nitrogens with one attached hydrogen (secondary N) is 1. The molecule has 2 amide bonds. The summed E-state index contributed by atoms with van der Waals surface area (Å²) in [6, 6.07) is 6.14. The monoisotopic (exact) mass is 425 g/mol. The molecule has 1 aliphatic carbocycles. The van der Waals surface area contributed by atoms with Gasteiger partial charge in [0, 0.05) is 43.4 Å². The Bertz CT molecular complexity index is 941. The van der Waals surface area contributed by atoms with Gasteiger partial charge in [0.15, 0.2) is 0 Å². The second-order valence-electron chi connectivity index (χ2n) is 8.36. The lowest BCUT2D eigenvalue weighted by Gasteiger charge is -2.33. The SMILES string of the molecule is O=C(NC1CCN(C(=O)c2cnn(-c3ccc([N+](=O)[O-])cc3)c2)CC1)C1CCCCC1. The second kappa shape index (κ2) is 9.28. The first-order chi connectivity index (χ1) is 15.0. The topological polar surface area (TPSA) is 110 Å². The van der Waals surface area contributed by atoms with Gasteiger partial charge in [0.05, 0.1) is 22.4 Å². The summed E-state index contributed by atoms with van der Waals surface area (Å²) in [6.07, 6.45) is 10.1. The first-order valence-electron chi connectivity index (χ1n) is 10.9. The van der Waals surface area contributed by atoms with Crippen molar-refractivity contribution in [2.75, 3.05) is 13.1 Å². The number of non-ortho nitro benzene ring substituents is 1. The molecule has 164 valence electrons. The molecule has 1 aliphatic heterocycles. The molecule has 0 atom stereocenters. The lowest BCUT2D eigenvalue weighted by molar-refractivity contribution is -0.384. The van der Waals surface area contributed by atoms with Gasteiger partial charge in [0.2, 0.25) is 5.91 Å². The van der Waals surface area contributed by atoms with Gasteiger partial charge in [-0.25, -0.2) is 4.68 Å². The highest BCUT2D eigenvalue weighted by atomic mass is 16.6. The zero-order chi connectivity index (χ0) is 21.8. The Balaban J connectivity index is 1.30. The summed E-state index contributed by atoms with van der Waals surface area (Å²) < 4.78 is 1.54. The minimum atomic E-state index is -0.455. The predicted octanol–water partition coefficient (Wildman–Crippen LogP) is 3.08. The summed E-state index contributed by atoms with van der Waals surface area (Å²) >= 11 is 0. The number of nitro benzene ring substituents is 1. The molecule has 1 aromatic carbocycles. The molecule has 2 aromatic rings. The number of hydrogen-bond acceptors (Lipinski definition) is 5. The Kier molecular flexibility index (Phi) is 6.29. The van der Waals surface area contributed by atoms with Crippen LogP contribution >= 0.6 is 0 Å². The van der Waals surface area contributed by atoms with Crippen molar-refractivity contribution in [3.8, 4) is 5.69 Å². The van der Waals surface area contributed by atoms with E-state index in [1.165, 1.54) is 29.4 Å². The van der Waals surface area contributed by atoms with Gasteiger partial charge >= 0.3 is 0 Å². The lowest BCUT2D eigenvalue weighted by atomic mass is 9.88. The number of nitrogens with zero attached hydrogens (tertiary/aromatic N) is 4. The zero-order valence-corrected chi connectivity index (χ0v) is 17.4. The van der Waals surface area contributed by atoms with Crippen LogP contribution in [0.15, 0.2) is 36.7 Å². The van der Waals surface area contributed by atoms with E-state index in [4.69, 9.17) is 0 Å². The van der Waals surface area contributed by atoms with E-state index < -0.39 is 4.92 Å². The van der Waals surface area contributed by atoms with Gasteiger partial charge in [-0.15, -0.1) is 0 Å². The summed E-state index contributed by atoms with van der Waals surface area (Å²) in [5.74, 6) is 0.234. The summed E-state index contributed by atoms with van der Waals surface area (Å²) in [4.78, 5) is 37.4. The molecule has 2 heterocycles. The maximum Gasteiger partial charge on any atom is 0.269 e. The van der Waals surface area contributed by atoms with Crippen molar-refractivity contribution in [1.82, 2.24) is 20.0 Å². The molecule has 1 N–H and O–H groups in total. The van der Waals surface area contributed by atoms with Gasteiger partial charge in [0.25, 0.3) is 11.6 Å². The number of amides is 2. The highest BCUT2D eigenvalue weighted by molar-refractivity contribution is 5.94. The fourth-order valence-electron chi connectivity index (χ4n) is 4.39. The molecule has 9 nitrogen and oxygen atoms in total. The molecule has 4 rings (SSSR count). The summed E-state index contributed by atoms with van der Waals surface area (Å²) in [5.41, 5.74) is 1.13. The quantitative estimate of drug-likeness (QED) is 0.585. The fraction of sp³-hybridized carbons (Fsp3) is 0.500. The molecule has 31 heavy (non-hydrogen) atoms. The molecule has 1 aromatic heterocycles.